The van der Waals surface area contributed by atoms with Crippen LogP contribution in [0.25, 0.3) is 27.8 Å². The molecule has 0 fully saturated rings. The van der Waals surface area contributed by atoms with Crippen molar-refractivity contribution in [3.05, 3.63) is 137 Å². The van der Waals surface area contributed by atoms with Crippen molar-refractivity contribution in [2.24, 2.45) is 4.99 Å². The van der Waals surface area contributed by atoms with Crippen LogP contribution in [0.15, 0.2) is 125 Å². The van der Waals surface area contributed by atoms with Gasteiger partial charge in [-0.2, -0.15) is 0 Å². The minimum absolute atomic E-state index is 0.0407. The number of unbranched alkanes of at least 4 members (excludes halogenated alkanes) is 5. The van der Waals surface area contributed by atoms with Gasteiger partial charge in [0.15, 0.2) is 0 Å². The Labute approximate surface area is 357 Å². The van der Waals surface area contributed by atoms with Gasteiger partial charge in [0, 0.05) is 93.5 Å². The third-order valence-electron chi connectivity index (χ3n) is 12.3. The lowest BCUT2D eigenvalue weighted by atomic mass is 9.90. The van der Waals surface area contributed by atoms with Crippen molar-refractivity contribution in [2.75, 3.05) is 61.3 Å². The molecule has 8 rings (SSSR count). The molecule has 0 saturated heterocycles. The van der Waals surface area contributed by atoms with Crippen molar-refractivity contribution in [1.82, 2.24) is 10.3 Å². The highest BCUT2D eigenvalue weighted by molar-refractivity contribution is 6.11. The number of fused-ring (bicyclic) bond motifs is 4. The second kappa shape index (κ2) is 17.6. The van der Waals surface area contributed by atoms with Crippen LogP contribution in [-0.4, -0.2) is 58.0 Å². The molecule has 2 N–H and O–H groups in total. The summed E-state index contributed by atoms with van der Waals surface area (Å²) in [6.07, 6.45) is 11.7. The summed E-state index contributed by atoms with van der Waals surface area (Å²) in [5.74, 6) is 0. The van der Waals surface area contributed by atoms with Gasteiger partial charge in [-0.3, -0.25) is 0 Å². The summed E-state index contributed by atoms with van der Waals surface area (Å²) in [7, 11) is 8.44. The Morgan fingerprint density at radius 3 is 1.98 bits per heavy atom. The summed E-state index contributed by atoms with van der Waals surface area (Å²) in [6.45, 7) is 10.8. The Hall–Kier alpha value is -6.15. The van der Waals surface area contributed by atoms with Crippen molar-refractivity contribution in [2.45, 2.75) is 72.3 Å². The van der Waals surface area contributed by atoms with E-state index in [0.29, 0.717) is 0 Å². The minimum Gasteiger partial charge on any atom is -0.385 e. The van der Waals surface area contributed by atoms with E-state index in [-0.39, 0.29) is 6.04 Å². The van der Waals surface area contributed by atoms with Crippen LogP contribution in [-0.2, 0) is 0 Å². The van der Waals surface area contributed by atoms with Crippen LogP contribution in [0.2, 0.25) is 0 Å². The highest BCUT2D eigenvalue weighted by Gasteiger charge is 2.35. The molecule has 0 spiro atoms. The van der Waals surface area contributed by atoms with E-state index in [9.17, 15) is 0 Å². The number of para-hydroxylation sites is 2. The summed E-state index contributed by atoms with van der Waals surface area (Å²) >= 11 is 0. The van der Waals surface area contributed by atoms with Gasteiger partial charge in [0.2, 0.25) is 16.7 Å². The minimum atomic E-state index is 0.0407. The molecule has 0 amide bonds. The van der Waals surface area contributed by atoms with Crippen LogP contribution in [0.4, 0.5) is 34.1 Å². The average Bonchev–Trinajstić information content (AvgIpc) is 3.24. The van der Waals surface area contributed by atoms with Gasteiger partial charge in [0.1, 0.15) is 11.0 Å². The first kappa shape index (κ1) is 40.6. The quantitative estimate of drug-likeness (QED) is 0.0613. The van der Waals surface area contributed by atoms with Crippen molar-refractivity contribution in [1.29, 1.82) is 0 Å². The molecule has 2 heterocycles. The van der Waals surface area contributed by atoms with Gasteiger partial charge in [-0.15, -0.1) is 4.57 Å². The fourth-order valence-electron chi connectivity index (χ4n) is 9.14. The number of rotatable bonds is 15. The molecule has 1 aromatic heterocycles. The zero-order valence-electron chi connectivity index (χ0n) is 36.8. The number of hydrogen-bond acceptors (Lipinski definition) is 7. The number of benzene rings is 5. The molecule has 8 heteroatoms. The van der Waals surface area contributed by atoms with E-state index in [2.05, 4.69) is 195 Å². The normalized spacial score (nSPS) is 14.6. The number of aromatic nitrogens is 2. The van der Waals surface area contributed by atoms with Gasteiger partial charge in [0.25, 0.3) is 0 Å². The van der Waals surface area contributed by atoms with Gasteiger partial charge in [-0.1, -0.05) is 62.1 Å². The Kier molecular flexibility index (Phi) is 11.9. The number of aryl methyl sites for hydroxylation is 3. The fourth-order valence-corrected chi connectivity index (χ4v) is 9.14. The first-order valence-corrected chi connectivity index (χ1v) is 21.7. The first-order chi connectivity index (χ1) is 29.1. The Morgan fingerprint density at radius 2 is 1.28 bits per heavy atom. The lowest BCUT2D eigenvalue weighted by Crippen LogP contribution is -2.43. The molecular formula is C52H61N8+. The molecule has 1 aliphatic carbocycles. The smallest absolute Gasteiger partial charge is 0.242 e. The summed E-state index contributed by atoms with van der Waals surface area (Å²) in [4.78, 5) is 17.2. The zero-order valence-corrected chi connectivity index (χ0v) is 36.8. The van der Waals surface area contributed by atoms with Gasteiger partial charge in [0.05, 0.1) is 23.1 Å². The van der Waals surface area contributed by atoms with Crippen LogP contribution >= 0.6 is 0 Å². The molecule has 308 valence electrons. The maximum atomic E-state index is 5.21. The monoisotopic (exact) mass is 798 g/mol. The van der Waals surface area contributed by atoms with Gasteiger partial charge in [-0.25, -0.2) is 9.98 Å². The van der Waals surface area contributed by atoms with E-state index in [4.69, 9.17) is 9.98 Å². The SMILES string of the molecule is CC1=C(NCCCCCCCCNc2ccc3nc4cc(C)c(N(C)C)cc4[n+](-c4ccccc4)c3c2C)C=CC2=Nc3cc(C)c(N(C)C)cc3N(c3ccccc3)C21. The number of anilines is 5. The largest absolute Gasteiger partial charge is 0.385 e. The van der Waals surface area contributed by atoms with Crippen LogP contribution in [0, 0.1) is 20.8 Å². The number of aliphatic imine (C=N–C) groups is 1. The lowest BCUT2D eigenvalue weighted by molar-refractivity contribution is -0.538. The number of nitrogens with one attached hydrogen (secondary N) is 2. The van der Waals surface area contributed by atoms with Crippen molar-refractivity contribution in [3.8, 4) is 5.69 Å². The van der Waals surface area contributed by atoms with Crippen molar-refractivity contribution < 1.29 is 4.57 Å². The second-order valence-corrected chi connectivity index (χ2v) is 17.0. The molecule has 6 aromatic rings. The molecule has 0 radical (unpaired) electrons. The molecule has 0 bridgehead atoms. The topological polar surface area (TPSA) is 62.9 Å². The van der Waals surface area contributed by atoms with E-state index in [1.165, 1.54) is 76.4 Å². The maximum absolute atomic E-state index is 5.21. The third-order valence-corrected chi connectivity index (χ3v) is 12.3. The maximum Gasteiger partial charge on any atom is 0.242 e. The lowest BCUT2D eigenvalue weighted by Gasteiger charge is -2.41. The van der Waals surface area contributed by atoms with Crippen LogP contribution in [0.1, 0.15) is 62.1 Å². The molecule has 1 unspecified atom stereocenters. The number of hydrogen-bond donors (Lipinski definition) is 2. The standard InChI is InChI=1S/C52H60N8/c1-35-31-45-49(33-47(35)57(5)6)59(39-21-15-13-16-22-39)51-37(3)41(25-27-43(51)55-45)53-29-19-11-9-10-12-20-30-54-42-26-28-44-52(38(42)4)60(40-23-17-14-18-24-40)50-34-48(58(7)8)36(2)32-46(50)56-44/h13-18,21-28,31-34,51,53H,9-12,19-20,29-30H2,1-8H3/p+1. The Balaban J connectivity index is 0.860. The van der Waals surface area contributed by atoms with Crippen molar-refractivity contribution in [3.63, 3.8) is 0 Å². The predicted molar refractivity (Wildman–Crippen MR) is 256 cm³/mol. The molecular weight excluding hydrogens is 737 g/mol. The molecule has 0 saturated carbocycles. The van der Waals surface area contributed by atoms with E-state index in [1.807, 2.05) is 0 Å². The summed E-state index contributed by atoms with van der Waals surface area (Å²) < 4.78 is 2.39. The average molecular weight is 798 g/mol. The summed E-state index contributed by atoms with van der Waals surface area (Å²) in [5, 5.41) is 7.59. The van der Waals surface area contributed by atoms with Gasteiger partial charge >= 0.3 is 0 Å². The number of nitrogens with zero attached hydrogens (tertiary/aromatic N) is 6. The third kappa shape index (κ3) is 8.08. The zero-order chi connectivity index (χ0) is 41.9. The Bertz CT molecular complexity index is 2610. The molecule has 8 nitrogen and oxygen atoms in total. The predicted octanol–water partition coefficient (Wildman–Crippen LogP) is 11.2. The fraction of sp³-hybridized carbons (Fsp3) is 0.327. The van der Waals surface area contributed by atoms with Crippen LogP contribution in [0.3, 0.4) is 0 Å². The van der Waals surface area contributed by atoms with E-state index < -0.39 is 0 Å². The van der Waals surface area contributed by atoms with Gasteiger partial charge < -0.3 is 25.3 Å². The Morgan fingerprint density at radius 1 is 0.650 bits per heavy atom. The number of allylic oxidation sites excluding steroid dienone is 1. The van der Waals surface area contributed by atoms with E-state index >= 15 is 0 Å². The van der Waals surface area contributed by atoms with Crippen molar-refractivity contribution >= 4 is 61.9 Å². The van der Waals surface area contributed by atoms with E-state index in [1.54, 1.807) is 0 Å². The molecule has 5 aromatic carbocycles. The van der Waals surface area contributed by atoms with E-state index in [0.717, 1.165) is 70.8 Å². The molecule has 60 heavy (non-hydrogen) atoms. The second-order valence-electron chi connectivity index (χ2n) is 17.0. The van der Waals surface area contributed by atoms with Crippen LogP contribution in [0.5, 0.6) is 0 Å². The van der Waals surface area contributed by atoms with Gasteiger partial charge in [-0.05, 0) is 112 Å². The summed E-state index contributed by atoms with van der Waals surface area (Å²) in [6, 6.07) is 34.9. The molecule has 2 aliphatic rings. The first-order valence-electron chi connectivity index (χ1n) is 21.7. The highest BCUT2D eigenvalue weighted by Crippen LogP contribution is 2.45. The highest BCUT2D eigenvalue weighted by atomic mass is 15.2. The molecule has 1 atom stereocenters. The van der Waals surface area contributed by atoms with Crippen LogP contribution < -0.4 is 29.9 Å². The summed E-state index contributed by atoms with van der Waals surface area (Å²) in [5.41, 5.74) is 19.7. The molecule has 1 aliphatic heterocycles.